The van der Waals surface area contributed by atoms with E-state index >= 15 is 0 Å². The van der Waals surface area contributed by atoms with Crippen molar-refractivity contribution in [2.45, 2.75) is 13.8 Å². The number of nitrogens with zero attached hydrogens (tertiary/aromatic N) is 4. The van der Waals surface area contributed by atoms with Crippen molar-refractivity contribution in [2.24, 2.45) is 0 Å². The van der Waals surface area contributed by atoms with E-state index in [4.69, 9.17) is 0 Å². The van der Waals surface area contributed by atoms with E-state index in [0.717, 1.165) is 62.6 Å². The van der Waals surface area contributed by atoms with Gasteiger partial charge in [-0.25, -0.2) is 0 Å². The third-order valence-electron chi connectivity index (χ3n) is 14.5. The molecule has 0 radical (unpaired) electrons. The Balaban J connectivity index is 1.07. The lowest BCUT2D eigenvalue weighted by molar-refractivity contribution is 1.22. The molecule has 0 saturated heterocycles. The molecule has 0 aromatic heterocycles. The van der Waals surface area contributed by atoms with Gasteiger partial charge in [0.2, 0.25) is 0 Å². The smallest absolute Gasteiger partial charge is 0.252 e. The highest BCUT2D eigenvalue weighted by Gasteiger charge is 2.44. The molecule has 5 heteroatoms. The van der Waals surface area contributed by atoms with E-state index in [1.165, 1.54) is 55.5 Å². The summed E-state index contributed by atoms with van der Waals surface area (Å²) in [5.41, 5.74) is 24.3. The number of anilines is 12. The van der Waals surface area contributed by atoms with Gasteiger partial charge in [0.05, 0.1) is 5.69 Å². The van der Waals surface area contributed by atoms with E-state index in [0.29, 0.717) is 0 Å². The van der Waals surface area contributed by atoms with Gasteiger partial charge in [0.15, 0.2) is 0 Å². The number of para-hydroxylation sites is 3. The van der Waals surface area contributed by atoms with Crippen LogP contribution in [0.5, 0.6) is 0 Å². The zero-order chi connectivity index (χ0) is 48.8. The summed E-state index contributed by atoms with van der Waals surface area (Å²) >= 11 is 0. The first-order chi connectivity index (χ1) is 36.0. The van der Waals surface area contributed by atoms with Gasteiger partial charge in [-0.15, -0.1) is 0 Å². The van der Waals surface area contributed by atoms with Crippen LogP contribution in [0.15, 0.2) is 273 Å². The highest BCUT2D eigenvalue weighted by Crippen LogP contribution is 2.49. The molecule has 73 heavy (non-hydrogen) atoms. The molecule has 2 aliphatic rings. The molecule has 2 aliphatic heterocycles. The van der Waals surface area contributed by atoms with E-state index in [2.05, 4.69) is 306 Å². The van der Waals surface area contributed by atoms with Crippen molar-refractivity contribution in [3.8, 4) is 22.3 Å². The second kappa shape index (κ2) is 18.5. The van der Waals surface area contributed by atoms with Gasteiger partial charge >= 0.3 is 0 Å². The number of hydrogen-bond acceptors (Lipinski definition) is 4. The summed E-state index contributed by atoms with van der Waals surface area (Å²) < 4.78 is 0. The molecule has 0 amide bonds. The number of hydrogen-bond donors (Lipinski definition) is 0. The number of fused-ring (bicyclic) bond motifs is 4. The fourth-order valence-electron chi connectivity index (χ4n) is 11.1. The van der Waals surface area contributed by atoms with E-state index < -0.39 is 0 Å². The molecule has 0 saturated carbocycles. The summed E-state index contributed by atoms with van der Waals surface area (Å²) in [4.78, 5) is 9.84. The SMILES string of the molecule is Cc1ccc(N2c3ccc(C)cc3B3c4ccc(N(c5ccc(-c6ccccc6)cc5)c5ccc(-c6ccccc6)cc5)cc4N(c4ccccc4)c4cc(N(c5ccccc5)c5ccccc5)cc2c43)cc1. The molecule has 0 aliphatic carbocycles. The molecular formula is C68H51BN4. The summed E-state index contributed by atoms with van der Waals surface area (Å²) in [6, 6.07) is 99.9. The summed E-state index contributed by atoms with van der Waals surface area (Å²) in [6.07, 6.45) is 0. The van der Waals surface area contributed by atoms with Crippen LogP contribution in [0.4, 0.5) is 68.2 Å². The Bertz CT molecular complexity index is 3620. The average molecular weight is 935 g/mol. The quantitative estimate of drug-likeness (QED) is 0.127. The van der Waals surface area contributed by atoms with Gasteiger partial charge in [-0.05, 0) is 156 Å². The van der Waals surface area contributed by atoms with Gasteiger partial charge in [-0.3, -0.25) is 0 Å². The Morgan fingerprint density at radius 2 is 0.671 bits per heavy atom. The topological polar surface area (TPSA) is 13.0 Å². The van der Waals surface area contributed by atoms with Crippen LogP contribution in [0.3, 0.4) is 0 Å². The van der Waals surface area contributed by atoms with Crippen molar-refractivity contribution in [1.29, 1.82) is 0 Å². The lowest BCUT2D eigenvalue weighted by atomic mass is 9.33. The Labute approximate surface area is 429 Å². The molecule has 0 bridgehead atoms. The molecule has 0 atom stereocenters. The van der Waals surface area contributed by atoms with Crippen LogP contribution in [-0.2, 0) is 0 Å². The molecule has 11 aromatic carbocycles. The highest BCUT2D eigenvalue weighted by atomic mass is 15.2. The largest absolute Gasteiger partial charge is 0.311 e. The third-order valence-corrected chi connectivity index (χ3v) is 14.5. The number of benzene rings is 11. The highest BCUT2D eigenvalue weighted by molar-refractivity contribution is 7.00. The standard InChI is InChI=1S/C68H51BN4/c1-48-28-35-59(36-29-48)72-64-43-30-49(2)44-63(64)69-62-42-41-60(70(57-37-31-52(32-38-57)50-18-8-3-9-19-50)58-39-33-53(34-40-58)51-20-10-4-11-21-51)45-65(62)73(56-26-16-7-17-27-56)67-47-61(46-66(72)68(67)69)71(54-22-12-5-13-23-54)55-24-14-6-15-25-55/h3-47H,1-2H3. The summed E-state index contributed by atoms with van der Waals surface area (Å²) in [7, 11) is 0. The molecule has 0 fully saturated rings. The predicted molar refractivity (Wildman–Crippen MR) is 310 cm³/mol. The van der Waals surface area contributed by atoms with Crippen LogP contribution >= 0.6 is 0 Å². The van der Waals surface area contributed by atoms with Gasteiger partial charge in [-0.2, -0.15) is 0 Å². The zero-order valence-corrected chi connectivity index (χ0v) is 40.8. The molecule has 0 spiro atoms. The lowest BCUT2D eigenvalue weighted by Gasteiger charge is -2.45. The second-order valence-electron chi connectivity index (χ2n) is 19.1. The maximum atomic E-state index is 2.52. The van der Waals surface area contributed by atoms with Gasteiger partial charge in [0.1, 0.15) is 0 Å². The van der Waals surface area contributed by atoms with Crippen LogP contribution in [0, 0.1) is 13.8 Å². The van der Waals surface area contributed by atoms with E-state index in [-0.39, 0.29) is 6.71 Å². The van der Waals surface area contributed by atoms with Gasteiger partial charge in [0, 0.05) is 62.6 Å². The van der Waals surface area contributed by atoms with Gasteiger partial charge < -0.3 is 19.6 Å². The first kappa shape index (κ1) is 43.7. The normalized spacial score (nSPS) is 12.2. The van der Waals surface area contributed by atoms with Gasteiger partial charge in [-0.1, -0.05) is 181 Å². The van der Waals surface area contributed by atoms with Crippen LogP contribution < -0.4 is 36.0 Å². The summed E-state index contributed by atoms with van der Waals surface area (Å²) in [5, 5.41) is 0. The second-order valence-corrected chi connectivity index (χ2v) is 19.1. The minimum atomic E-state index is -0.0645. The maximum absolute atomic E-state index is 2.52. The van der Waals surface area contributed by atoms with Crippen LogP contribution in [0.25, 0.3) is 22.3 Å². The van der Waals surface area contributed by atoms with E-state index in [1.807, 2.05) is 0 Å². The van der Waals surface area contributed by atoms with Crippen molar-refractivity contribution in [3.63, 3.8) is 0 Å². The molecule has 13 rings (SSSR count). The van der Waals surface area contributed by atoms with Crippen LogP contribution in [0.1, 0.15) is 11.1 Å². The Hall–Kier alpha value is -9.32. The van der Waals surface area contributed by atoms with Crippen LogP contribution in [-0.4, -0.2) is 6.71 Å². The zero-order valence-electron chi connectivity index (χ0n) is 40.8. The Morgan fingerprint density at radius 1 is 0.274 bits per heavy atom. The Kier molecular flexibility index (Phi) is 11.0. The first-order valence-electron chi connectivity index (χ1n) is 25.2. The minimum Gasteiger partial charge on any atom is -0.311 e. The van der Waals surface area contributed by atoms with E-state index in [1.54, 1.807) is 0 Å². The monoisotopic (exact) mass is 934 g/mol. The summed E-state index contributed by atoms with van der Waals surface area (Å²) in [6.45, 7) is 4.32. The molecule has 11 aromatic rings. The van der Waals surface area contributed by atoms with Crippen molar-refractivity contribution in [3.05, 3.63) is 284 Å². The predicted octanol–water partition coefficient (Wildman–Crippen LogP) is 16.7. The number of aryl methyl sites for hydroxylation is 2. The molecule has 0 unspecified atom stereocenters. The fraction of sp³-hybridized carbons (Fsp3) is 0.0294. The minimum absolute atomic E-state index is 0.0645. The molecule has 346 valence electrons. The average Bonchev–Trinajstić information content (AvgIpc) is 3.45. The number of rotatable bonds is 10. The molecule has 4 nitrogen and oxygen atoms in total. The van der Waals surface area contributed by atoms with Crippen molar-refractivity contribution < 1.29 is 0 Å². The van der Waals surface area contributed by atoms with Crippen molar-refractivity contribution in [1.82, 2.24) is 0 Å². The molecular weight excluding hydrogens is 884 g/mol. The van der Waals surface area contributed by atoms with Crippen molar-refractivity contribution >= 4 is 91.3 Å². The third kappa shape index (κ3) is 7.92. The molecule has 2 heterocycles. The van der Waals surface area contributed by atoms with Crippen LogP contribution in [0.2, 0.25) is 0 Å². The first-order valence-corrected chi connectivity index (χ1v) is 25.2. The maximum Gasteiger partial charge on any atom is 0.252 e. The fourth-order valence-corrected chi connectivity index (χ4v) is 11.1. The van der Waals surface area contributed by atoms with E-state index in [9.17, 15) is 0 Å². The van der Waals surface area contributed by atoms with Crippen molar-refractivity contribution in [2.75, 3.05) is 19.6 Å². The lowest BCUT2D eigenvalue weighted by Crippen LogP contribution is -2.61. The summed E-state index contributed by atoms with van der Waals surface area (Å²) in [5.74, 6) is 0. The van der Waals surface area contributed by atoms with Gasteiger partial charge in [0.25, 0.3) is 6.71 Å². The Morgan fingerprint density at radius 3 is 1.21 bits per heavy atom. The molecule has 0 N–H and O–H groups in total.